The summed E-state index contributed by atoms with van der Waals surface area (Å²) in [6, 6.07) is 4.34. The van der Waals surface area contributed by atoms with Crippen LogP contribution in [-0.2, 0) is 0 Å². The molecule has 0 aliphatic heterocycles. The second-order valence-corrected chi connectivity index (χ2v) is 2.69. The molecule has 0 heterocycles. The summed E-state index contributed by atoms with van der Waals surface area (Å²) in [5.74, 6) is 0.355. The highest BCUT2D eigenvalue weighted by Gasteiger charge is 2.13. The molecular formula is C9H13NO3. The highest BCUT2D eigenvalue weighted by atomic mass is 16.5. The first kappa shape index (κ1) is 9.83. The Morgan fingerprint density at radius 3 is 2.77 bits per heavy atom. The van der Waals surface area contributed by atoms with Gasteiger partial charge in [-0.3, -0.25) is 0 Å². The number of nitrogens with two attached hydrogens (primary N) is 1. The quantitative estimate of drug-likeness (QED) is 0.633. The van der Waals surface area contributed by atoms with E-state index in [4.69, 9.17) is 15.6 Å². The minimum Gasteiger partial charge on any atom is -0.504 e. The standard InChI is InChI=1S/C9H13NO3/c1-13-9-6(7(10)5-11)3-2-4-8(9)12/h2-4,7,11-12H,5,10H2,1H3. The van der Waals surface area contributed by atoms with Crippen LogP contribution in [0.5, 0.6) is 11.5 Å². The van der Waals surface area contributed by atoms with Gasteiger partial charge in [0.05, 0.1) is 19.8 Å². The minimum atomic E-state index is -0.526. The second kappa shape index (κ2) is 4.11. The molecule has 4 nitrogen and oxygen atoms in total. The predicted octanol–water partition coefficient (Wildman–Crippen LogP) is 0.393. The number of aliphatic hydroxyl groups is 1. The maximum absolute atomic E-state index is 9.37. The molecule has 0 saturated carbocycles. The summed E-state index contributed by atoms with van der Waals surface area (Å²) >= 11 is 0. The lowest BCUT2D eigenvalue weighted by molar-refractivity contribution is 0.263. The number of ether oxygens (including phenoxy) is 1. The SMILES string of the molecule is COc1c(O)cccc1C(N)CO. The van der Waals surface area contributed by atoms with Gasteiger partial charge in [0.15, 0.2) is 11.5 Å². The minimum absolute atomic E-state index is 0.0314. The number of benzene rings is 1. The zero-order valence-electron chi connectivity index (χ0n) is 7.40. The number of methoxy groups -OCH3 is 1. The van der Waals surface area contributed by atoms with E-state index in [0.29, 0.717) is 11.3 Å². The fourth-order valence-electron chi connectivity index (χ4n) is 1.15. The summed E-state index contributed by atoms with van der Waals surface area (Å²) in [6.07, 6.45) is 0. The second-order valence-electron chi connectivity index (χ2n) is 2.69. The van der Waals surface area contributed by atoms with Crippen molar-refractivity contribution < 1.29 is 14.9 Å². The molecule has 0 bridgehead atoms. The molecule has 0 aliphatic carbocycles. The van der Waals surface area contributed by atoms with Crippen LogP contribution >= 0.6 is 0 Å². The predicted molar refractivity (Wildman–Crippen MR) is 48.7 cm³/mol. The summed E-state index contributed by atoms with van der Waals surface area (Å²) in [5, 5.41) is 18.2. The van der Waals surface area contributed by atoms with Crippen molar-refractivity contribution in [2.75, 3.05) is 13.7 Å². The van der Waals surface area contributed by atoms with Gasteiger partial charge in [0.2, 0.25) is 0 Å². The number of aliphatic hydroxyl groups excluding tert-OH is 1. The molecule has 1 aromatic carbocycles. The maximum atomic E-state index is 9.37. The third-order valence-corrected chi connectivity index (χ3v) is 1.82. The van der Waals surface area contributed by atoms with Crippen LogP contribution in [-0.4, -0.2) is 23.9 Å². The van der Waals surface area contributed by atoms with Crippen molar-refractivity contribution in [3.05, 3.63) is 23.8 Å². The van der Waals surface area contributed by atoms with Gasteiger partial charge in [-0.25, -0.2) is 0 Å². The van der Waals surface area contributed by atoms with Crippen LogP contribution in [0.4, 0.5) is 0 Å². The number of phenols is 1. The highest BCUT2D eigenvalue weighted by molar-refractivity contribution is 5.46. The molecule has 1 aromatic rings. The fourth-order valence-corrected chi connectivity index (χ4v) is 1.15. The number of phenolic OH excluding ortho intramolecular Hbond substituents is 1. The Kier molecular flexibility index (Phi) is 3.11. The lowest BCUT2D eigenvalue weighted by atomic mass is 10.1. The van der Waals surface area contributed by atoms with E-state index in [1.54, 1.807) is 12.1 Å². The first-order chi connectivity index (χ1) is 6.20. The van der Waals surface area contributed by atoms with Crippen molar-refractivity contribution >= 4 is 0 Å². The molecule has 0 aliphatic rings. The number of hydrogen-bond donors (Lipinski definition) is 3. The molecule has 4 heteroatoms. The number of aromatic hydroxyl groups is 1. The topological polar surface area (TPSA) is 75.7 Å². The molecule has 1 rings (SSSR count). The number of rotatable bonds is 3. The lowest BCUT2D eigenvalue weighted by Gasteiger charge is -2.13. The van der Waals surface area contributed by atoms with E-state index in [1.165, 1.54) is 13.2 Å². The van der Waals surface area contributed by atoms with Gasteiger partial charge >= 0.3 is 0 Å². The average molecular weight is 183 g/mol. The summed E-state index contributed by atoms with van der Waals surface area (Å²) in [7, 11) is 1.45. The molecule has 0 radical (unpaired) electrons. The molecule has 72 valence electrons. The summed E-state index contributed by atoms with van der Waals surface area (Å²) in [5.41, 5.74) is 6.20. The molecule has 4 N–H and O–H groups in total. The van der Waals surface area contributed by atoms with Gasteiger partial charge in [0.25, 0.3) is 0 Å². The Hall–Kier alpha value is -1.26. The fraction of sp³-hybridized carbons (Fsp3) is 0.333. The average Bonchev–Trinajstić information content (AvgIpc) is 2.16. The van der Waals surface area contributed by atoms with Gasteiger partial charge in [0, 0.05) is 5.56 Å². The Morgan fingerprint density at radius 1 is 1.54 bits per heavy atom. The lowest BCUT2D eigenvalue weighted by Crippen LogP contribution is -2.15. The zero-order valence-corrected chi connectivity index (χ0v) is 7.40. The van der Waals surface area contributed by atoms with E-state index in [2.05, 4.69) is 0 Å². The molecule has 0 fully saturated rings. The number of hydrogen-bond acceptors (Lipinski definition) is 4. The van der Waals surface area contributed by atoms with Gasteiger partial charge in [-0.2, -0.15) is 0 Å². The smallest absolute Gasteiger partial charge is 0.165 e. The summed E-state index contributed by atoms with van der Waals surface area (Å²) in [6.45, 7) is -0.181. The molecule has 0 aromatic heterocycles. The van der Waals surface area contributed by atoms with Crippen molar-refractivity contribution in [1.29, 1.82) is 0 Å². The first-order valence-corrected chi connectivity index (χ1v) is 3.93. The molecule has 0 spiro atoms. The Morgan fingerprint density at radius 2 is 2.23 bits per heavy atom. The highest BCUT2D eigenvalue weighted by Crippen LogP contribution is 2.32. The first-order valence-electron chi connectivity index (χ1n) is 3.93. The van der Waals surface area contributed by atoms with Crippen molar-refractivity contribution in [3.8, 4) is 11.5 Å². The van der Waals surface area contributed by atoms with Crippen molar-refractivity contribution in [2.24, 2.45) is 5.73 Å². The molecule has 0 amide bonds. The van der Waals surface area contributed by atoms with Crippen molar-refractivity contribution in [1.82, 2.24) is 0 Å². The molecular weight excluding hydrogens is 170 g/mol. The third kappa shape index (κ3) is 1.91. The van der Waals surface area contributed by atoms with E-state index in [0.717, 1.165) is 0 Å². The third-order valence-electron chi connectivity index (χ3n) is 1.82. The molecule has 0 saturated heterocycles. The summed E-state index contributed by atoms with van der Waals surface area (Å²) in [4.78, 5) is 0. The summed E-state index contributed by atoms with van der Waals surface area (Å²) < 4.78 is 4.96. The molecule has 13 heavy (non-hydrogen) atoms. The van der Waals surface area contributed by atoms with E-state index in [-0.39, 0.29) is 12.4 Å². The monoisotopic (exact) mass is 183 g/mol. The van der Waals surface area contributed by atoms with Crippen LogP contribution in [0, 0.1) is 0 Å². The van der Waals surface area contributed by atoms with Crippen molar-refractivity contribution in [3.63, 3.8) is 0 Å². The Labute approximate surface area is 76.6 Å². The normalized spacial score (nSPS) is 12.5. The maximum Gasteiger partial charge on any atom is 0.165 e. The number of para-hydroxylation sites is 1. The Bertz CT molecular complexity index is 288. The largest absolute Gasteiger partial charge is 0.504 e. The van der Waals surface area contributed by atoms with Crippen molar-refractivity contribution in [2.45, 2.75) is 6.04 Å². The van der Waals surface area contributed by atoms with Gasteiger partial charge in [-0.1, -0.05) is 12.1 Å². The van der Waals surface area contributed by atoms with Crippen LogP contribution in [0.15, 0.2) is 18.2 Å². The van der Waals surface area contributed by atoms with Gasteiger partial charge in [0.1, 0.15) is 0 Å². The zero-order chi connectivity index (χ0) is 9.84. The van der Waals surface area contributed by atoms with Gasteiger partial charge in [-0.05, 0) is 6.07 Å². The molecule has 1 unspecified atom stereocenters. The van der Waals surface area contributed by atoms with E-state index >= 15 is 0 Å². The molecule has 1 atom stereocenters. The van der Waals surface area contributed by atoms with Gasteiger partial charge in [-0.15, -0.1) is 0 Å². The van der Waals surface area contributed by atoms with Crippen LogP contribution in [0.3, 0.4) is 0 Å². The van der Waals surface area contributed by atoms with Crippen LogP contribution in [0.25, 0.3) is 0 Å². The van der Waals surface area contributed by atoms with Crippen LogP contribution in [0.1, 0.15) is 11.6 Å². The Balaban J connectivity index is 3.12. The van der Waals surface area contributed by atoms with E-state index in [9.17, 15) is 5.11 Å². The van der Waals surface area contributed by atoms with Crippen LogP contribution in [0.2, 0.25) is 0 Å². The van der Waals surface area contributed by atoms with E-state index in [1.807, 2.05) is 0 Å². The van der Waals surface area contributed by atoms with Gasteiger partial charge < -0.3 is 20.7 Å². The van der Waals surface area contributed by atoms with Crippen LogP contribution < -0.4 is 10.5 Å². The van der Waals surface area contributed by atoms with E-state index < -0.39 is 6.04 Å².